The number of hydrogen-bond donors (Lipinski definition) is 1. The zero-order chi connectivity index (χ0) is 17.1. The lowest BCUT2D eigenvalue weighted by atomic mass is 9.97. The molecule has 2 aromatic rings. The quantitative estimate of drug-likeness (QED) is 0.835. The maximum atomic E-state index is 6.04. The number of amidine groups is 1. The summed E-state index contributed by atoms with van der Waals surface area (Å²) in [6, 6.07) is 12.9. The van der Waals surface area contributed by atoms with Crippen molar-refractivity contribution in [3.05, 3.63) is 58.7 Å². The van der Waals surface area contributed by atoms with Crippen LogP contribution in [0.5, 0.6) is 0 Å². The Morgan fingerprint density at radius 3 is 2.54 bits per heavy atom. The lowest BCUT2D eigenvalue weighted by molar-refractivity contribution is 1.08. The van der Waals surface area contributed by atoms with Crippen molar-refractivity contribution in [1.82, 2.24) is 0 Å². The van der Waals surface area contributed by atoms with E-state index in [4.69, 9.17) is 10.7 Å². The summed E-state index contributed by atoms with van der Waals surface area (Å²) in [6.07, 6.45) is 0.996. The van der Waals surface area contributed by atoms with E-state index in [-0.39, 0.29) is 0 Å². The number of nitrogens with zero attached hydrogens (tertiary/aromatic N) is 2. The third kappa shape index (κ3) is 3.39. The van der Waals surface area contributed by atoms with E-state index >= 15 is 0 Å². The lowest BCUT2D eigenvalue weighted by Crippen LogP contribution is -2.14. The Morgan fingerprint density at radius 2 is 1.88 bits per heavy atom. The van der Waals surface area contributed by atoms with Crippen LogP contribution in [0.1, 0.15) is 36.1 Å². The van der Waals surface area contributed by atoms with Crippen LogP contribution in [-0.2, 0) is 6.42 Å². The fourth-order valence-corrected chi connectivity index (χ4v) is 3.75. The Hall–Kier alpha value is -2.07. The van der Waals surface area contributed by atoms with Crippen molar-refractivity contribution in [2.24, 2.45) is 15.7 Å². The van der Waals surface area contributed by atoms with Crippen LogP contribution >= 0.6 is 11.8 Å². The molecule has 3 nitrogen and oxygen atoms in total. The molecule has 0 atom stereocenters. The molecule has 0 unspecified atom stereocenters. The zero-order valence-corrected chi connectivity index (χ0v) is 15.3. The number of fused-ring (bicyclic) bond motifs is 1. The molecule has 0 aromatic heterocycles. The molecule has 0 aliphatic carbocycles. The number of hydrogen-bond acceptors (Lipinski definition) is 4. The monoisotopic (exact) mass is 337 g/mol. The SMILES string of the molecule is CCSc1cc2c(cc1CC)C(c1ccc(C)cc1)=NCC(N)=N2. The molecule has 1 heterocycles. The van der Waals surface area contributed by atoms with Gasteiger partial charge < -0.3 is 5.73 Å². The fraction of sp³-hybridized carbons (Fsp3) is 0.300. The van der Waals surface area contributed by atoms with Gasteiger partial charge in [-0.25, -0.2) is 4.99 Å². The highest BCUT2D eigenvalue weighted by molar-refractivity contribution is 7.99. The maximum absolute atomic E-state index is 6.04. The van der Waals surface area contributed by atoms with Crippen molar-refractivity contribution in [2.45, 2.75) is 32.1 Å². The van der Waals surface area contributed by atoms with Crippen LogP contribution in [0, 0.1) is 6.92 Å². The summed E-state index contributed by atoms with van der Waals surface area (Å²) >= 11 is 1.86. The minimum atomic E-state index is 0.440. The number of thioether (sulfide) groups is 1. The van der Waals surface area contributed by atoms with Gasteiger partial charge in [0.05, 0.1) is 17.9 Å². The number of rotatable bonds is 4. The molecular weight excluding hydrogens is 314 g/mol. The van der Waals surface area contributed by atoms with Crippen LogP contribution in [0.25, 0.3) is 0 Å². The van der Waals surface area contributed by atoms with E-state index in [0.717, 1.165) is 34.7 Å². The molecule has 0 saturated carbocycles. The van der Waals surface area contributed by atoms with Crippen LogP contribution in [0.2, 0.25) is 0 Å². The summed E-state index contributed by atoms with van der Waals surface area (Å²) in [7, 11) is 0. The van der Waals surface area contributed by atoms with Gasteiger partial charge in [0, 0.05) is 16.0 Å². The van der Waals surface area contributed by atoms with E-state index in [1.54, 1.807) is 0 Å². The Bertz CT molecular complexity index is 804. The van der Waals surface area contributed by atoms with Gasteiger partial charge in [-0.2, -0.15) is 0 Å². The first-order chi connectivity index (χ1) is 11.6. The molecule has 1 aliphatic rings. The molecule has 2 N–H and O–H groups in total. The summed E-state index contributed by atoms with van der Waals surface area (Å²) < 4.78 is 0. The maximum Gasteiger partial charge on any atom is 0.121 e. The largest absolute Gasteiger partial charge is 0.386 e. The van der Waals surface area contributed by atoms with Crippen LogP contribution < -0.4 is 5.73 Å². The summed E-state index contributed by atoms with van der Waals surface area (Å²) in [6.45, 7) is 6.90. The van der Waals surface area contributed by atoms with Gasteiger partial charge in [-0.3, -0.25) is 4.99 Å². The van der Waals surface area contributed by atoms with Gasteiger partial charge in [0.25, 0.3) is 0 Å². The van der Waals surface area contributed by atoms with Crippen molar-refractivity contribution in [3.63, 3.8) is 0 Å². The number of nitrogens with two attached hydrogens (primary N) is 1. The van der Waals surface area contributed by atoms with E-state index in [0.29, 0.717) is 12.4 Å². The minimum Gasteiger partial charge on any atom is -0.386 e. The Kier molecular flexibility index (Phi) is 5.05. The van der Waals surface area contributed by atoms with Gasteiger partial charge in [0.15, 0.2) is 0 Å². The molecule has 24 heavy (non-hydrogen) atoms. The molecule has 4 heteroatoms. The van der Waals surface area contributed by atoms with Gasteiger partial charge in [-0.05, 0) is 36.8 Å². The van der Waals surface area contributed by atoms with Crippen molar-refractivity contribution in [3.8, 4) is 0 Å². The Balaban J connectivity index is 2.18. The average molecular weight is 337 g/mol. The number of benzene rings is 2. The molecule has 2 aromatic carbocycles. The van der Waals surface area contributed by atoms with E-state index in [1.807, 2.05) is 11.8 Å². The normalized spacial score (nSPS) is 13.8. The van der Waals surface area contributed by atoms with Gasteiger partial charge in [-0.15, -0.1) is 11.8 Å². The van der Waals surface area contributed by atoms with Crippen LogP contribution in [0.3, 0.4) is 0 Å². The van der Waals surface area contributed by atoms with Gasteiger partial charge >= 0.3 is 0 Å². The van der Waals surface area contributed by atoms with E-state index in [2.05, 4.69) is 62.2 Å². The third-order valence-electron chi connectivity index (χ3n) is 4.10. The predicted molar refractivity (Wildman–Crippen MR) is 105 cm³/mol. The van der Waals surface area contributed by atoms with Crippen molar-refractivity contribution in [2.75, 3.05) is 12.3 Å². The predicted octanol–water partition coefficient (Wildman–Crippen LogP) is 4.51. The van der Waals surface area contributed by atoms with Crippen molar-refractivity contribution in [1.29, 1.82) is 0 Å². The molecule has 0 spiro atoms. The van der Waals surface area contributed by atoms with Crippen LogP contribution in [0.15, 0.2) is 51.3 Å². The fourth-order valence-electron chi connectivity index (χ4n) is 2.86. The van der Waals surface area contributed by atoms with Crippen molar-refractivity contribution < 1.29 is 0 Å². The minimum absolute atomic E-state index is 0.440. The standard InChI is InChI=1S/C20H23N3S/c1-4-14-10-16-17(11-18(14)24-5-2)23-19(21)12-22-20(16)15-8-6-13(3)7-9-15/h6-11H,4-5,12H2,1-3H3,(H2,21,23). The summed E-state index contributed by atoms with van der Waals surface area (Å²) in [5, 5.41) is 0. The van der Waals surface area contributed by atoms with Crippen LogP contribution in [0.4, 0.5) is 5.69 Å². The molecule has 1 aliphatic heterocycles. The Morgan fingerprint density at radius 1 is 1.12 bits per heavy atom. The Labute approximate surface area is 148 Å². The zero-order valence-electron chi connectivity index (χ0n) is 14.5. The summed E-state index contributed by atoms with van der Waals surface area (Å²) in [5.74, 6) is 1.61. The molecule has 3 rings (SSSR count). The first-order valence-electron chi connectivity index (χ1n) is 8.37. The van der Waals surface area contributed by atoms with E-state index < -0.39 is 0 Å². The summed E-state index contributed by atoms with van der Waals surface area (Å²) in [5.41, 5.74) is 12.7. The first-order valence-corrected chi connectivity index (χ1v) is 9.35. The number of aliphatic imine (C=N–C) groups is 2. The average Bonchev–Trinajstić information content (AvgIpc) is 2.73. The molecular formula is C20H23N3S. The van der Waals surface area contributed by atoms with Crippen LogP contribution in [-0.4, -0.2) is 23.8 Å². The topological polar surface area (TPSA) is 50.7 Å². The van der Waals surface area contributed by atoms with Gasteiger partial charge in [0.2, 0.25) is 0 Å². The molecule has 0 radical (unpaired) electrons. The first kappa shape index (κ1) is 16.8. The second-order valence-corrected chi connectivity index (χ2v) is 7.20. The number of aryl methyl sites for hydroxylation is 2. The lowest BCUT2D eigenvalue weighted by Gasteiger charge is -2.14. The second kappa shape index (κ2) is 7.22. The second-order valence-electron chi connectivity index (χ2n) is 5.90. The van der Waals surface area contributed by atoms with Crippen molar-refractivity contribution >= 4 is 29.0 Å². The molecule has 124 valence electrons. The molecule has 0 amide bonds. The van der Waals surface area contributed by atoms with E-state index in [1.165, 1.54) is 16.0 Å². The summed E-state index contributed by atoms with van der Waals surface area (Å²) in [4.78, 5) is 10.7. The highest BCUT2D eigenvalue weighted by Gasteiger charge is 2.18. The van der Waals surface area contributed by atoms with Gasteiger partial charge in [0.1, 0.15) is 5.84 Å². The molecule has 0 fully saturated rings. The third-order valence-corrected chi connectivity index (χ3v) is 5.08. The van der Waals surface area contributed by atoms with Gasteiger partial charge in [-0.1, -0.05) is 43.7 Å². The molecule has 0 saturated heterocycles. The van der Waals surface area contributed by atoms with E-state index in [9.17, 15) is 0 Å². The molecule has 0 bridgehead atoms. The smallest absolute Gasteiger partial charge is 0.121 e. The highest BCUT2D eigenvalue weighted by atomic mass is 32.2. The highest BCUT2D eigenvalue weighted by Crippen LogP contribution is 2.34.